The predicted octanol–water partition coefficient (Wildman–Crippen LogP) is 2.15. The van der Waals surface area contributed by atoms with Crippen molar-refractivity contribution in [1.29, 1.82) is 0 Å². The van der Waals surface area contributed by atoms with Crippen molar-refractivity contribution >= 4 is 12.0 Å². The molecule has 4 nitrogen and oxygen atoms in total. The summed E-state index contributed by atoms with van der Waals surface area (Å²) in [4.78, 5) is 16.1. The quantitative estimate of drug-likeness (QED) is 0.668. The van der Waals surface area contributed by atoms with Gasteiger partial charge in [0.2, 0.25) is 0 Å². The van der Waals surface area contributed by atoms with E-state index in [1.165, 1.54) is 12.8 Å². The van der Waals surface area contributed by atoms with E-state index in [9.17, 15) is 9.90 Å². The van der Waals surface area contributed by atoms with Gasteiger partial charge in [0.25, 0.3) is 0 Å². The van der Waals surface area contributed by atoms with Gasteiger partial charge < -0.3 is 10.4 Å². The third-order valence-corrected chi connectivity index (χ3v) is 3.93. The van der Waals surface area contributed by atoms with Crippen LogP contribution in [-0.4, -0.2) is 36.3 Å². The van der Waals surface area contributed by atoms with Gasteiger partial charge in [0.1, 0.15) is 0 Å². The number of unbranched alkanes of at least 4 members (excludes halogenated alkanes) is 2. The van der Waals surface area contributed by atoms with E-state index in [1.54, 1.807) is 6.21 Å². The summed E-state index contributed by atoms with van der Waals surface area (Å²) < 4.78 is 0. The van der Waals surface area contributed by atoms with E-state index < -0.39 is 0 Å². The first-order chi connectivity index (χ1) is 9.76. The molecule has 2 aliphatic rings. The molecule has 0 radical (unpaired) electrons. The minimum atomic E-state index is 0.135. The van der Waals surface area contributed by atoms with Crippen LogP contribution in [0.5, 0.6) is 0 Å². The fraction of sp³-hybridized carbons (Fsp3) is 0.625. The van der Waals surface area contributed by atoms with E-state index in [-0.39, 0.29) is 18.4 Å². The maximum absolute atomic E-state index is 11.7. The Morgan fingerprint density at radius 3 is 3.00 bits per heavy atom. The molecule has 0 aromatic rings. The molecule has 1 aliphatic carbocycles. The van der Waals surface area contributed by atoms with E-state index in [1.807, 2.05) is 0 Å². The van der Waals surface area contributed by atoms with Crippen LogP contribution < -0.4 is 5.32 Å². The first-order valence-electron chi connectivity index (χ1n) is 7.58. The van der Waals surface area contributed by atoms with Crippen LogP contribution in [0.1, 0.15) is 45.4 Å². The molecule has 0 aromatic carbocycles. The third-order valence-electron chi connectivity index (χ3n) is 3.93. The third kappa shape index (κ3) is 3.64. The summed E-state index contributed by atoms with van der Waals surface area (Å²) in [5.74, 6) is 0.197. The minimum Gasteiger partial charge on any atom is -0.395 e. The average Bonchev–Trinajstić information content (AvgIpc) is 2.87. The fourth-order valence-corrected chi connectivity index (χ4v) is 2.67. The number of carbonyl (C=O) groups excluding carboxylic acids is 1. The zero-order valence-corrected chi connectivity index (χ0v) is 12.2. The predicted molar refractivity (Wildman–Crippen MR) is 80.9 cm³/mol. The molecule has 20 heavy (non-hydrogen) atoms. The Labute approximate surface area is 120 Å². The molecular weight excluding hydrogens is 252 g/mol. The first kappa shape index (κ1) is 15.1. The number of Topliss-reactive ketones (excluding diaryl/α,β-unsaturated/α-hetero) is 1. The number of nitrogens with zero attached hydrogens (tertiary/aromatic N) is 1. The van der Waals surface area contributed by atoms with Gasteiger partial charge in [-0.1, -0.05) is 32.3 Å². The van der Waals surface area contributed by atoms with Crippen molar-refractivity contribution in [3.8, 4) is 0 Å². The monoisotopic (exact) mass is 276 g/mol. The summed E-state index contributed by atoms with van der Waals surface area (Å²) in [5.41, 5.74) is 2.81. The Hall–Kier alpha value is -1.26. The topological polar surface area (TPSA) is 61.7 Å². The average molecular weight is 276 g/mol. The molecule has 1 heterocycles. The molecule has 0 aromatic heterocycles. The molecule has 0 saturated carbocycles. The SMILES string of the molecule is CCCCC[C@@H](CO)NCC1=CCC2=C1N=CCC2=O. The van der Waals surface area contributed by atoms with Crippen LogP contribution in [0.4, 0.5) is 0 Å². The van der Waals surface area contributed by atoms with Gasteiger partial charge in [0.15, 0.2) is 5.78 Å². The lowest BCUT2D eigenvalue weighted by molar-refractivity contribution is -0.114. The van der Waals surface area contributed by atoms with Crippen LogP contribution in [0.2, 0.25) is 0 Å². The summed E-state index contributed by atoms with van der Waals surface area (Å²) in [6.45, 7) is 3.02. The number of allylic oxidation sites excluding steroid dienone is 2. The standard InChI is InChI=1S/C16H24N2O2/c1-2-3-4-5-13(11-19)18-10-12-6-7-14-15(20)8-9-17-16(12)14/h6,9,13,18-19H,2-5,7-8,10-11H2,1H3/t13-/m0/s1. The van der Waals surface area contributed by atoms with Crippen molar-refractivity contribution in [3.05, 3.63) is 22.9 Å². The second-order valence-corrected chi connectivity index (χ2v) is 5.46. The summed E-state index contributed by atoms with van der Waals surface area (Å²) in [6.07, 6.45) is 9.45. The smallest absolute Gasteiger partial charge is 0.166 e. The van der Waals surface area contributed by atoms with E-state index in [4.69, 9.17) is 0 Å². The van der Waals surface area contributed by atoms with Gasteiger partial charge in [0, 0.05) is 30.8 Å². The lowest BCUT2D eigenvalue weighted by Gasteiger charge is -2.17. The van der Waals surface area contributed by atoms with Crippen LogP contribution in [-0.2, 0) is 4.79 Å². The molecule has 4 heteroatoms. The van der Waals surface area contributed by atoms with Crippen molar-refractivity contribution < 1.29 is 9.90 Å². The molecule has 0 saturated heterocycles. The number of hydrogen-bond acceptors (Lipinski definition) is 4. The second kappa shape index (κ2) is 7.50. The van der Waals surface area contributed by atoms with Crippen LogP contribution >= 0.6 is 0 Å². The normalized spacial score (nSPS) is 19.3. The Kier molecular flexibility index (Phi) is 5.68. The number of aliphatic hydroxyl groups excluding tert-OH is 1. The zero-order valence-electron chi connectivity index (χ0n) is 12.2. The lowest BCUT2D eigenvalue weighted by atomic mass is 10.0. The highest BCUT2D eigenvalue weighted by molar-refractivity contribution is 6.07. The van der Waals surface area contributed by atoms with Gasteiger partial charge in [-0.05, 0) is 18.4 Å². The number of carbonyl (C=O) groups is 1. The van der Waals surface area contributed by atoms with E-state index in [2.05, 4.69) is 23.3 Å². The molecule has 0 bridgehead atoms. The minimum absolute atomic E-state index is 0.135. The van der Waals surface area contributed by atoms with Crippen LogP contribution in [0, 0.1) is 0 Å². The summed E-state index contributed by atoms with van der Waals surface area (Å²) >= 11 is 0. The Bertz CT molecular complexity index is 449. The Morgan fingerprint density at radius 1 is 1.40 bits per heavy atom. The number of ketones is 1. The molecule has 110 valence electrons. The van der Waals surface area contributed by atoms with Gasteiger partial charge in [-0.25, -0.2) is 0 Å². The van der Waals surface area contributed by atoms with Gasteiger partial charge in [0.05, 0.1) is 12.3 Å². The van der Waals surface area contributed by atoms with Gasteiger partial charge in [-0.2, -0.15) is 0 Å². The van der Waals surface area contributed by atoms with Crippen molar-refractivity contribution in [2.24, 2.45) is 4.99 Å². The summed E-state index contributed by atoms with van der Waals surface area (Å²) in [7, 11) is 0. The highest BCUT2D eigenvalue weighted by Gasteiger charge is 2.24. The lowest BCUT2D eigenvalue weighted by Crippen LogP contribution is -2.34. The second-order valence-electron chi connectivity index (χ2n) is 5.46. The van der Waals surface area contributed by atoms with Crippen molar-refractivity contribution in [3.63, 3.8) is 0 Å². The van der Waals surface area contributed by atoms with Crippen LogP contribution in [0.25, 0.3) is 0 Å². The van der Waals surface area contributed by atoms with Gasteiger partial charge in [-0.15, -0.1) is 0 Å². The zero-order chi connectivity index (χ0) is 14.4. The number of hydrogen-bond donors (Lipinski definition) is 2. The first-order valence-corrected chi connectivity index (χ1v) is 7.58. The largest absolute Gasteiger partial charge is 0.395 e. The molecule has 0 amide bonds. The molecule has 0 spiro atoms. The van der Waals surface area contributed by atoms with Gasteiger partial charge >= 0.3 is 0 Å². The molecular formula is C16H24N2O2. The van der Waals surface area contributed by atoms with E-state index >= 15 is 0 Å². The highest BCUT2D eigenvalue weighted by atomic mass is 16.3. The summed E-state index contributed by atoms with van der Waals surface area (Å²) in [5, 5.41) is 12.8. The van der Waals surface area contributed by atoms with E-state index in [0.29, 0.717) is 19.4 Å². The van der Waals surface area contributed by atoms with Crippen LogP contribution in [0.15, 0.2) is 27.9 Å². The fourth-order valence-electron chi connectivity index (χ4n) is 2.67. The van der Waals surface area contributed by atoms with Crippen LogP contribution in [0.3, 0.4) is 0 Å². The number of rotatable bonds is 8. The Balaban J connectivity index is 1.85. The highest BCUT2D eigenvalue weighted by Crippen LogP contribution is 2.30. The number of nitrogens with one attached hydrogen (secondary N) is 1. The molecule has 2 N–H and O–H groups in total. The van der Waals surface area contributed by atoms with Crippen molar-refractivity contribution in [2.45, 2.75) is 51.5 Å². The van der Waals surface area contributed by atoms with Crippen molar-refractivity contribution in [2.75, 3.05) is 13.2 Å². The Morgan fingerprint density at radius 2 is 2.25 bits per heavy atom. The number of aliphatic imine (C=N–C) groups is 1. The van der Waals surface area contributed by atoms with Gasteiger partial charge in [-0.3, -0.25) is 9.79 Å². The van der Waals surface area contributed by atoms with Crippen molar-refractivity contribution in [1.82, 2.24) is 5.32 Å². The maximum Gasteiger partial charge on any atom is 0.166 e. The molecule has 1 aliphatic heterocycles. The summed E-state index contributed by atoms with van der Waals surface area (Å²) in [6, 6.07) is 0.135. The molecule has 1 atom stereocenters. The molecule has 0 unspecified atom stereocenters. The maximum atomic E-state index is 11.7. The molecule has 0 fully saturated rings. The molecule has 2 rings (SSSR count). The van der Waals surface area contributed by atoms with E-state index in [0.717, 1.165) is 29.7 Å². The number of aliphatic hydroxyl groups is 1.